The number of phenols is 1. The number of phenolic OH excluding ortho intramolecular Hbond substituents is 1. The third-order valence-electron chi connectivity index (χ3n) is 4.31. The van der Waals surface area contributed by atoms with Gasteiger partial charge in [-0.05, 0) is 44.4 Å². The van der Waals surface area contributed by atoms with Crippen LogP contribution in [0.25, 0.3) is 11.3 Å². The molecule has 2 unspecified atom stereocenters. The van der Waals surface area contributed by atoms with Gasteiger partial charge in [0.05, 0.1) is 17.8 Å². The number of rotatable bonds is 3. The molecular formula is C17H22N4O2. The fourth-order valence-corrected chi connectivity index (χ4v) is 3.00. The van der Waals surface area contributed by atoms with Gasteiger partial charge < -0.3 is 15.5 Å². The average Bonchev–Trinajstić information content (AvgIpc) is 2.51. The van der Waals surface area contributed by atoms with Crippen LogP contribution in [-0.2, 0) is 0 Å². The fourth-order valence-electron chi connectivity index (χ4n) is 3.00. The summed E-state index contributed by atoms with van der Waals surface area (Å²) >= 11 is 0. The molecule has 1 heterocycles. The molecule has 122 valence electrons. The van der Waals surface area contributed by atoms with E-state index in [9.17, 15) is 10.2 Å². The molecule has 1 fully saturated rings. The average molecular weight is 314 g/mol. The van der Waals surface area contributed by atoms with Crippen molar-refractivity contribution < 1.29 is 10.2 Å². The second-order valence-corrected chi connectivity index (χ2v) is 6.19. The molecule has 1 saturated carbocycles. The van der Waals surface area contributed by atoms with Gasteiger partial charge in [0.1, 0.15) is 11.4 Å². The van der Waals surface area contributed by atoms with Gasteiger partial charge >= 0.3 is 0 Å². The van der Waals surface area contributed by atoms with Crippen molar-refractivity contribution in [1.82, 2.24) is 15.2 Å². The minimum absolute atomic E-state index is 0.0245. The van der Waals surface area contributed by atoms with Gasteiger partial charge in [-0.1, -0.05) is 18.9 Å². The van der Waals surface area contributed by atoms with Gasteiger partial charge in [0.15, 0.2) is 0 Å². The molecule has 1 aromatic carbocycles. The van der Waals surface area contributed by atoms with E-state index < -0.39 is 0 Å². The summed E-state index contributed by atoms with van der Waals surface area (Å²) < 4.78 is 0. The smallest absolute Gasteiger partial charge is 0.243 e. The lowest BCUT2D eigenvalue weighted by atomic mass is 9.93. The van der Waals surface area contributed by atoms with Crippen LogP contribution in [0.5, 0.6) is 5.75 Å². The molecule has 1 aliphatic rings. The predicted octanol–water partition coefficient (Wildman–Crippen LogP) is 2.58. The Morgan fingerprint density at radius 1 is 1.13 bits per heavy atom. The second kappa shape index (κ2) is 6.50. The van der Waals surface area contributed by atoms with Crippen LogP contribution >= 0.6 is 0 Å². The summed E-state index contributed by atoms with van der Waals surface area (Å²) in [5.74, 6) is 0.594. The number of hydrogen-bond donors (Lipinski definition) is 3. The Hall–Kier alpha value is -2.21. The number of aliphatic hydroxyl groups excluding tert-OH is 1. The van der Waals surface area contributed by atoms with Crippen molar-refractivity contribution in [2.24, 2.45) is 0 Å². The lowest BCUT2D eigenvalue weighted by Crippen LogP contribution is -2.37. The van der Waals surface area contributed by atoms with Gasteiger partial charge in [-0.15, -0.1) is 10.2 Å². The number of benzene rings is 1. The van der Waals surface area contributed by atoms with Crippen LogP contribution in [0.15, 0.2) is 18.2 Å². The molecule has 1 aromatic heterocycles. The molecule has 0 amide bonds. The fraction of sp³-hybridized carbons (Fsp3) is 0.471. The highest BCUT2D eigenvalue weighted by Crippen LogP contribution is 2.30. The standard InChI is InChI=1S/C17H22N4O2/c1-10-7-8-12(15(23)9-10)16-11(2)18-17(21-20-16)19-13-5-3-4-6-14(13)22/h7-9,13-14,22-23H,3-6H2,1-2H3,(H,18,19,21). The number of aryl methyl sites for hydroxylation is 2. The van der Waals surface area contributed by atoms with E-state index >= 15 is 0 Å². The molecule has 2 aromatic rings. The lowest BCUT2D eigenvalue weighted by molar-refractivity contribution is 0.116. The minimum atomic E-state index is -0.367. The summed E-state index contributed by atoms with van der Waals surface area (Å²) in [5, 5.41) is 31.6. The number of nitrogens with zero attached hydrogens (tertiary/aromatic N) is 3. The first-order valence-corrected chi connectivity index (χ1v) is 8.00. The summed E-state index contributed by atoms with van der Waals surface area (Å²) in [6.07, 6.45) is 3.50. The van der Waals surface area contributed by atoms with E-state index in [0.717, 1.165) is 31.2 Å². The highest BCUT2D eigenvalue weighted by atomic mass is 16.3. The number of aromatic nitrogens is 3. The molecule has 2 atom stereocenters. The van der Waals surface area contributed by atoms with Crippen molar-refractivity contribution >= 4 is 5.95 Å². The van der Waals surface area contributed by atoms with Crippen LogP contribution in [-0.4, -0.2) is 37.5 Å². The van der Waals surface area contributed by atoms with E-state index in [4.69, 9.17) is 0 Å². The highest BCUT2D eigenvalue weighted by molar-refractivity contribution is 5.68. The first kappa shape index (κ1) is 15.7. The minimum Gasteiger partial charge on any atom is -0.507 e. The lowest BCUT2D eigenvalue weighted by Gasteiger charge is -2.28. The van der Waals surface area contributed by atoms with Crippen LogP contribution in [0, 0.1) is 13.8 Å². The summed E-state index contributed by atoms with van der Waals surface area (Å²) in [6, 6.07) is 5.41. The molecule has 0 spiro atoms. The normalized spacial score (nSPS) is 21.2. The molecule has 3 rings (SSSR count). The van der Waals surface area contributed by atoms with E-state index in [-0.39, 0.29) is 17.9 Å². The topological polar surface area (TPSA) is 91.2 Å². The van der Waals surface area contributed by atoms with Crippen molar-refractivity contribution in [3.05, 3.63) is 29.5 Å². The van der Waals surface area contributed by atoms with Crippen molar-refractivity contribution in [3.63, 3.8) is 0 Å². The van der Waals surface area contributed by atoms with Gasteiger partial charge in [-0.3, -0.25) is 0 Å². The molecule has 0 bridgehead atoms. The number of aliphatic hydroxyl groups is 1. The largest absolute Gasteiger partial charge is 0.507 e. The Bertz CT molecular complexity index is 705. The van der Waals surface area contributed by atoms with Crippen LogP contribution in [0.2, 0.25) is 0 Å². The summed E-state index contributed by atoms with van der Waals surface area (Å²) in [5.41, 5.74) is 2.86. The number of aromatic hydroxyl groups is 1. The van der Waals surface area contributed by atoms with E-state index in [1.165, 1.54) is 0 Å². The van der Waals surface area contributed by atoms with Crippen LogP contribution in [0.3, 0.4) is 0 Å². The molecular weight excluding hydrogens is 292 g/mol. The Morgan fingerprint density at radius 2 is 1.91 bits per heavy atom. The van der Waals surface area contributed by atoms with E-state index in [2.05, 4.69) is 20.5 Å². The Kier molecular flexibility index (Phi) is 4.43. The SMILES string of the molecule is Cc1ccc(-c2nnc(NC3CCCCC3O)nc2C)c(O)c1. The maximum Gasteiger partial charge on any atom is 0.243 e. The Labute approximate surface area is 135 Å². The van der Waals surface area contributed by atoms with Crippen LogP contribution in [0.4, 0.5) is 5.95 Å². The summed E-state index contributed by atoms with van der Waals surface area (Å²) in [6.45, 7) is 3.76. The quantitative estimate of drug-likeness (QED) is 0.806. The molecule has 0 aliphatic heterocycles. The van der Waals surface area contributed by atoms with E-state index in [1.807, 2.05) is 26.0 Å². The molecule has 6 heteroatoms. The maximum absolute atomic E-state index is 10.1. The van der Waals surface area contributed by atoms with Crippen LogP contribution in [0.1, 0.15) is 36.9 Å². The number of anilines is 1. The molecule has 23 heavy (non-hydrogen) atoms. The number of nitrogens with one attached hydrogen (secondary N) is 1. The maximum atomic E-state index is 10.1. The third-order valence-corrected chi connectivity index (χ3v) is 4.31. The Morgan fingerprint density at radius 3 is 2.61 bits per heavy atom. The first-order chi connectivity index (χ1) is 11.0. The van der Waals surface area contributed by atoms with Crippen molar-refractivity contribution in [1.29, 1.82) is 0 Å². The molecule has 0 radical (unpaired) electrons. The molecule has 0 saturated heterocycles. The summed E-state index contributed by atoms with van der Waals surface area (Å²) in [4.78, 5) is 4.43. The number of hydrogen-bond acceptors (Lipinski definition) is 6. The van der Waals surface area contributed by atoms with Crippen molar-refractivity contribution in [3.8, 4) is 17.0 Å². The van der Waals surface area contributed by atoms with Gasteiger partial charge in [0.25, 0.3) is 0 Å². The van der Waals surface area contributed by atoms with Crippen molar-refractivity contribution in [2.45, 2.75) is 51.7 Å². The molecule has 3 N–H and O–H groups in total. The van der Waals surface area contributed by atoms with Gasteiger partial charge in [0, 0.05) is 5.56 Å². The van der Waals surface area contributed by atoms with E-state index in [1.54, 1.807) is 6.07 Å². The zero-order chi connectivity index (χ0) is 16.4. The predicted molar refractivity (Wildman–Crippen MR) is 88.3 cm³/mol. The summed E-state index contributed by atoms with van der Waals surface area (Å²) in [7, 11) is 0. The van der Waals surface area contributed by atoms with Crippen molar-refractivity contribution in [2.75, 3.05) is 5.32 Å². The zero-order valence-corrected chi connectivity index (χ0v) is 13.5. The third kappa shape index (κ3) is 3.42. The monoisotopic (exact) mass is 314 g/mol. The second-order valence-electron chi connectivity index (χ2n) is 6.19. The first-order valence-electron chi connectivity index (χ1n) is 8.00. The van der Waals surface area contributed by atoms with Gasteiger partial charge in [0.2, 0.25) is 5.95 Å². The van der Waals surface area contributed by atoms with E-state index in [0.29, 0.717) is 22.9 Å². The highest BCUT2D eigenvalue weighted by Gasteiger charge is 2.24. The zero-order valence-electron chi connectivity index (χ0n) is 13.5. The Balaban J connectivity index is 1.83. The molecule has 6 nitrogen and oxygen atoms in total. The van der Waals surface area contributed by atoms with Gasteiger partial charge in [-0.25, -0.2) is 4.98 Å². The van der Waals surface area contributed by atoms with Crippen LogP contribution < -0.4 is 5.32 Å². The molecule has 1 aliphatic carbocycles. The van der Waals surface area contributed by atoms with Gasteiger partial charge in [-0.2, -0.15) is 0 Å².